The van der Waals surface area contributed by atoms with E-state index in [1.54, 1.807) is 6.07 Å². The Bertz CT molecular complexity index is 816. The van der Waals surface area contributed by atoms with Crippen molar-refractivity contribution in [1.29, 1.82) is 0 Å². The Hall–Kier alpha value is -1.85. The summed E-state index contributed by atoms with van der Waals surface area (Å²) in [6.45, 7) is 0.0355. The van der Waals surface area contributed by atoms with Crippen molar-refractivity contribution >= 4 is 44.4 Å². The molecule has 0 atom stereocenters. The molecule has 2 heterocycles. The second-order valence-corrected chi connectivity index (χ2v) is 5.45. The largest absolute Gasteiger partial charge is 0.455 e. The molecule has 3 aromatic rings. The third-order valence-electron chi connectivity index (χ3n) is 2.88. The average molecular weight is 367 g/mol. The summed E-state index contributed by atoms with van der Waals surface area (Å²) < 4.78 is 10.8. The quantitative estimate of drug-likeness (QED) is 0.502. The third-order valence-corrected chi connectivity index (χ3v) is 3.64. The Morgan fingerprint density at radius 1 is 1.29 bits per heavy atom. The number of fused-ring (bicyclic) bond motifs is 1. The Labute approximate surface area is 133 Å². The van der Waals surface area contributed by atoms with Crippen LogP contribution in [0.25, 0.3) is 10.9 Å². The van der Waals surface area contributed by atoms with Gasteiger partial charge in [0, 0.05) is 10.9 Å². The molecule has 3 rings (SSSR count). The van der Waals surface area contributed by atoms with Crippen molar-refractivity contribution in [1.82, 2.24) is 4.98 Å². The van der Waals surface area contributed by atoms with Crippen molar-refractivity contribution in [2.24, 2.45) is 0 Å². The molecule has 0 fully saturated rings. The highest BCUT2D eigenvalue weighted by Crippen LogP contribution is 2.22. The van der Waals surface area contributed by atoms with Crippen molar-refractivity contribution in [2.75, 3.05) is 0 Å². The first kappa shape index (κ1) is 14.1. The highest BCUT2D eigenvalue weighted by atomic mass is 79.9. The molecule has 0 unspecified atom stereocenters. The number of halogens is 2. The van der Waals surface area contributed by atoms with Crippen LogP contribution in [-0.4, -0.2) is 11.0 Å². The zero-order chi connectivity index (χ0) is 14.8. The van der Waals surface area contributed by atoms with Crippen molar-refractivity contribution in [3.8, 4) is 0 Å². The highest BCUT2D eigenvalue weighted by molar-refractivity contribution is 9.10. The minimum absolute atomic E-state index is 0.0355. The molecule has 106 valence electrons. The number of nitrogens with zero attached hydrogens (tertiary/aromatic N) is 1. The first-order valence-corrected chi connectivity index (χ1v) is 7.27. The normalized spacial score (nSPS) is 10.8. The van der Waals surface area contributed by atoms with Gasteiger partial charge < -0.3 is 9.15 Å². The van der Waals surface area contributed by atoms with Gasteiger partial charge in [-0.1, -0.05) is 29.8 Å². The zero-order valence-corrected chi connectivity index (χ0v) is 13.0. The van der Waals surface area contributed by atoms with Gasteiger partial charge in [-0.05, 0) is 40.2 Å². The van der Waals surface area contributed by atoms with Gasteiger partial charge in [0.05, 0.1) is 5.52 Å². The van der Waals surface area contributed by atoms with Gasteiger partial charge in [0.15, 0.2) is 4.67 Å². The second-order valence-electron chi connectivity index (χ2n) is 4.31. The van der Waals surface area contributed by atoms with Gasteiger partial charge in [-0.15, -0.1) is 0 Å². The number of pyridine rings is 1. The minimum Gasteiger partial charge on any atom is -0.455 e. The maximum atomic E-state index is 11.8. The van der Waals surface area contributed by atoms with Crippen molar-refractivity contribution in [3.05, 3.63) is 63.6 Å². The Kier molecular flexibility index (Phi) is 3.94. The SMILES string of the molecule is O=C(OCc1cc2ccccc2nc1Cl)c1ccc(Br)o1. The van der Waals surface area contributed by atoms with E-state index in [1.807, 2.05) is 30.3 Å². The van der Waals surface area contributed by atoms with Crippen LogP contribution >= 0.6 is 27.5 Å². The number of para-hydroxylation sites is 1. The summed E-state index contributed by atoms with van der Waals surface area (Å²) in [6, 6.07) is 12.6. The molecular formula is C15H9BrClNO3. The van der Waals surface area contributed by atoms with E-state index in [9.17, 15) is 4.79 Å². The molecule has 2 aromatic heterocycles. The number of hydrogen-bond donors (Lipinski definition) is 0. The minimum atomic E-state index is -0.551. The van der Waals surface area contributed by atoms with E-state index in [-0.39, 0.29) is 12.4 Å². The zero-order valence-electron chi connectivity index (χ0n) is 10.7. The fourth-order valence-electron chi connectivity index (χ4n) is 1.88. The number of benzene rings is 1. The molecule has 0 aliphatic heterocycles. The molecule has 0 amide bonds. The average Bonchev–Trinajstić information content (AvgIpc) is 2.91. The van der Waals surface area contributed by atoms with E-state index in [4.69, 9.17) is 20.8 Å². The molecule has 0 bridgehead atoms. The Morgan fingerprint density at radius 3 is 2.86 bits per heavy atom. The molecule has 6 heteroatoms. The Morgan fingerprint density at radius 2 is 2.10 bits per heavy atom. The van der Waals surface area contributed by atoms with Crippen LogP contribution < -0.4 is 0 Å². The van der Waals surface area contributed by atoms with Crippen molar-refractivity contribution < 1.29 is 13.9 Å². The number of aromatic nitrogens is 1. The predicted molar refractivity (Wildman–Crippen MR) is 82.3 cm³/mol. The molecule has 0 spiro atoms. The predicted octanol–water partition coefficient (Wildman–Crippen LogP) is 4.60. The van der Waals surface area contributed by atoms with Crippen LogP contribution in [0.15, 0.2) is 51.6 Å². The molecule has 1 aromatic carbocycles. The first-order valence-electron chi connectivity index (χ1n) is 6.10. The Balaban J connectivity index is 1.78. The first-order chi connectivity index (χ1) is 10.1. The number of ether oxygens (including phenoxy) is 1. The lowest BCUT2D eigenvalue weighted by molar-refractivity contribution is 0.0434. The summed E-state index contributed by atoms with van der Waals surface area (Å²) >= 11 is 9.23. The molecule has 0 N–H and O–H groups in total. The molecule has 0 saturated carbocycles. The molecule has 0 saturated heterocycles. The summed E-state index contributed by atoms with van der Waals surface area (Å²) in [7, 11) is 0. The fraction of sp³-hybridized carbons (Fsp3) is 0.0667. The van der Waals surface area contributed by atoms with E-state index in [2.05, 4.69) is 20.9 Å². The number of hydrogen-bond acceptors (Lipinski definition) is 4. The van der Waals surface area contributed by atoms with E-state index >= 15 is 0 Å². The highest BCUT2D eigenvalue weighted by Gasteiger charge is 2.13. The van der Waals surface area contributed by atoms with Crippen LogP contribution in [0.4, 0.5) is 0 Å². The maximum Gasteiger partial charge on any atom is 0.374 e. The van der Waals surface area contributed by atoms with Gasteiger partial charge in [0.2, 0.25) is 5.76 Å². The summed E-state index contributed by atoms with van der Waals surface area (Å²) in [6.07, 6.45) is 0. The number of rotatable bonds is 3. The standard InChI is InChI=1S/C15H9BrClNO3/c16-13-6-5-12(21-13)15(19)20-8-10-7-9-3-1-2-4-11(9)18-14(10)17/h1-7H,8H2. The lowest BCUT2D eigenvalue weighted by Gasteiger charge is -2.06. The molecule has 21 heavy (non-hydrogen) atoms. The van der Waals surface area contributed by atoms with Gasteiger partial charge >= 0.3 is 5.97 Å². The summed E-state index contributed by atoms with van der Waals surface area (Å²) in [4.78, 5) is 16.1. The lowest BCUT2D eigenvalue weighted by atomic mass is 10.2. The van der Waals surface area contributed by atoms with E-state index in [0.29, 0.717) is 15.4 Å². The van der Waals surface area contributed by atoms with Gasteiger partial charge in [-0.25, -0.2) is 9.78 Å². The smallest absolute Gasteiger partial charge is 0.374 e. The molecular weight excluding hydrogens is 358 g/mol. The van der Waals surface area contributed by atoms with Crippen LogP contribution in [-0.2, 0) is 11.3 Å². The van der Waals surface area contributed by atoms with E-state index in [1.165, 1.54) is 6.07 Å². The molecule has 4 nitrogen and oxygen atoms in total. The van der Waals surface area contributed by atoms with Crippen LogP contribution in [0.1, 0.15) is 16.1 Å². The van der Waals surface area contributed by atoms with Crippen LogP contribution in [0.3, 0.4) is 0 Å². The second kappa shape index (κ2) is 5.87. The summed E-state index contributed by atoms with van der Waals surface area (Å²) in [5.74, 6) is -0.420. The van der Waals surface area contributed by atoms with E-state index < -0.39 is 5.97 Å². The number of esters is 1. The van der Waals surface area contributed by atoms with Crippen LogP contribution in [0.5, 0.6) is 0 Å². The third kappa shape index (κ3) is 3.09. The molecule has 0 radical (unpaired) electrons. The lowest BCUT2D eigenvalue weighted by Crippen LogP contribution is -2.04. The molecule has 0 aliphatic carbocycles. The van der Waals surface area contributed by atoms with Gasteiger partial charge in [-0.3, -0.25) is 0 Å². The molecule has 0 aliphatic rings. The van der Waals surface area contributed by atoms with Crippen molar-refractivity contribution in [3.63, 3.8) is 0 Å². The van der Waals surface area contributed by atoms with Crippen LogP contribution in [0.2, 0.25) is 5.15 Å². The fourth-order valence-corrected chi connectivity index (χ4v) is 2.38. The van der Waals surface area contributed by atoms with Gasteiger partial charge in [0.25, 0.3) is 0 Å². The topological polar surface area (TPSA) is 52.3 Å². The van der Waals surface area contributed by atoms with E-state index in [0.717, 1.165) is 10.9 Å². The number of furan rings is 1. The van der Waals surface area contributed by atoms with Gasteiger partial charge in [-0.2, -0.15) is 0 Å². The summed E-state index contributed by atoms with van der Waals surface area (Å²) in [5.41, 5.74) is 1.45. The maximum absolute atomic E-state index is 11.8. The number of carbonyl (C=O) groups is 1. The summed E-state index contributed by atoms with van der Waals surface area (Å²) in [5, 5.41) is 1.26. The van der Waals surface area contributed by atoms with Crippen LogP contribution in [0, 0.1) is 0 Å². The van der Waals surface area contributed by atoms with Crippen molar-refractivity contribution in [2.45, 2.75) is 6.61 Å². The monoisotopic (exact) mass is 365 g/mol. The number of carbonyl (C=O) groups excluding carboxylic acids is 1. The van der Waals surface area contributed by atoms with Gasteiger partial charge in [0.1, 0.15) is 11.8 Å².